The third kappa shape index (κ3) is 3.46. The van der Waals surface area contributed by atoms with Crippen LogP contribution in [0.1, 0.15) is 58.8 Å². The van der Waals surface area contributed by atoms with E-state index < -0.39 is 0 Å². The molecule has 0 spiro atoms. The number of nitrogens with two attached hydrogens (primary N) is 1. The molecule has 1 rings (SSSR count). The molecule has 0 saturated carbocycles. The molecule has 2 atom stereocenters. The predicted octanol–water partition coefficient (Wildman–Crippen LogP) is 3.10. The maximum absolute atomic E-state index is 5.92. The quantitative estimate of drug-likeness (QED) is 0.660. The summed E-state index contributed by atoms with van der Waals surface area (Å²) in [6.07, 6.45) is 9.56. The molecule has 0 aromatic rings. The zero-order valence-corrected chi connectivity index (χ0v) is 10.4. The monoisotopic (exact) mass is 213 g/mol. The van der Waals surface area contributed by atoms with Gasteiger partial charge < -0.3 is 10.5 Å². The van der Waals surface area contributed by atoms with Crippen molar-refractivity contribution in [2.24, 2.45) is 11.1 Å². The van der Waals surface area contributed by atoms with Crippen molar-refractivity contribution in [3.63, 3.8) is 0 Å². The third-order valence-corrected chi connectivity index (χ3v) is 4.01. The highest BCUT2D eigenvalue weighted by molar-refractivity contribution is 4.90. The van der Waals surface area contributed by atoms with Gasteiger partial charge in [-0.25, -0.2) is 0 Å². The third-order valence-electron chi connectivity index (χ3n) is 4.01. The van der Waals surface area contributed by atoms with E-state index in [1.807, 2.05) is 0 Å². The molecule has 1 aliphatic heterocycles. The molecule has 0 bridgehead atoms. The highest BCUT2D eigenvalue weighted by atomic mass is 16.5. The van der Waals surface area contributed by atoms with E-state index >= 15 is 0 Å². The highest BCUT2D eigenvalue weighted by Crippen LogP contribution is 2.38. The van der Waals surface area contributed by atoms with E-state index in [4.69, 9.17) is 10.5 Å². The van der Waals surface area contributed by atoms with Crippen LogP contribution in [-0.4, -0.2) is 19.3 Å². The number of unbranched alkanes of at least 4 members (excludes halogenated alkanes) is 4. The Morgan fingerprint density at radius 1 is 1.27 bits per heavy atom. The molecule has 2 nitrogen and oxygen atoms in total. The van der Waals surface area contributed by atoms with Gasteiger partial charge in [0.2, 0.25) is 0 Å². The standard InChI is InChI=1S/C13H27NO/c1-3-4-5-6-7-8-13(11-14)9-10-15-12(13)2/h12H,3-11,14H2,1-2H3. The summed E-state index contributed by atoms with van der Waals surface area (Å²) >= 11 is 0. The van der Waals surface area contributed by atoms with Crippen molar-refractivity contribution in [1.29, 1.82) is 0 Å². The van der Waals surface area contributed by atoms with Gasteiger partial charge in [-0.2, -0.15) is 0 Å². The van der Waals surface area contributed by atoms with Crippen LogP contribution in [0.4, 0.5) is 0 Å². The maximum Gasteiger partial charge on any atom is 0.0616 e. The molecule has 0 radical (unpaired) electrons. The van der Waals surface area contributed by atoms with Crippen molar-refractivity contribution in [1.82, 2.24) is 0 Å². The highest BCUT2D eigenvalue weighted by Gasteiger charge is 2.39. The fourth-order valence-electron chi connectivity index (χ4n) is 2.60. The molecule has 0 aliphatic carbocycles. The van der Waals surface area contributed by atoms with Crippen molar-refractivity contribution in [3.8, 4) is 0 Å². The Balaban J connectivity index is 2.22. The summed E-state index contributed by atoms with van der Waals surface area (Å²) in [5.41, 5.74) is 6.22. The average molecular weight is 213 g/mol. The summed E-state index contributed by atoms with van der Waals surface area (Å²) in [7, 11) is 0. The lowest BCUT2D eigenvalue weighted by atomic mass is 9.77. The van der Waals surface area contributed by atoms with E-state index in [0.717, 1.165) is 13.2 Å². The summed E-state index contributed by atoms with van der Waals surface area (Å²) in [6.45, 7) is 6.15. The molecule has 2 heteroatoms. The van der Waals surface area contributed by atoms with Gasteiger partial charge in [0.15, 0.2) is 0 Å². The smallest absolute Gasteiger partial charge is 0.0616 e. The van der Waals surface area contributed by atoms with E-state index in [1.165, 1.54) is 44.9 Å². The fourth-order valence-corrected chi connectivity index (χ4v) is 2.60. The van der Waals surface area contributed by atoms with E-state index in [1.54, 1.807) is 0 Å². The first-order chi connectivity index (χ1) is 7.25. The molecule has 15 heavy (non-hydrogen) atoms. The zero-order valence-electron chi connectivity index (χ0n) is 10.4. The first-order valence-corrected chi connectivity index (χ1v) is 6.57. The van der Waals surface area contributed by atoms with Gasteiger partial charge in [-0.3, -0.25) is 0 Å². The van der Waals surface area contributed by atoms with Crippen LogP contribution in [0.2, 0.25) is 0 Å². The minimum atomic E-state index is 0.298. The predicted molar refractivity (Wildman–Crippen MR) is 64.9 cm³/mol. The van der Waals surface area contributed by atoms with Crippen LogP contribution >= 0.6 is 0 Å². The molecule has 1 saturated heterocycles. The van der Waals surface area contributed by atoms with E-state index in [-0.39, 0.29) is 0 Å². The van der Waals surface area contributed by atoms with Crippen LogP contribution in [0.15, 0.2) is 0 Å². The first kappa shape index (κ1) is 13.0. The molecular formula is C13H27NO. The first-order valence-electron chi connectivity index (χ1n) is 6.57. The summed E-state index contributed by atoms with van der Waals surface area (Å²) in [4.78, 5) is 0. The van der Waals surface area contributed by atoms with Gasteiger partial charge in [-0.1, -0.05) is 39.0 Å². The molecule has 2 N–H and O–H groups in total. The van der Waals surface area contributed by atoms with E-state index in [0.29, 0.717) is 11.5 Å². The summed E-state index contributed by atoms with van der Waals surface area (Å²) < 4.78 is 5.66. The van der Waals surface area contributed by atoms with E-state index in [9.17, 15) is 0 Å². The van der Waals surface area contributed by atoms with E-state index in [2.05, 4.69) is 13.8 Å². The Morgan fingerprint density at radius 2 is 2.00 bits per heavy atom. The molecule has 1 fully saturated rings. The summed E-state index contributed by atoms with van der Waals surface area (Å²) in [5.74, 6) is 0. The van der Waals surface area contributed by atoms with Crippen LogP contribution in [-0.2, 0) is 4.74 Å². The minimum absolute atomic E-state index is 0.298. The number of ether oxygens (including phenoxy) is 1. The molecule has 1 aliphatic rings. The number of rotatable bonds is 7. The lowest BCUT2D eigenvalue weighted by molar-refractivity contribution is 0.0616. The normalized spacial score (nSPS) is 31.0. The molecule has 90 valence electrons. The lowest BCUT2D eigenvalue weighted by Crippen LogP contribution is -2.36. The largest absolute Gasteiger partial charge is 0.378 e. The fraction of sp³-hybridized carbons (Fsp3) is 1.00. The van der Waals surface area contributed by atoms with Gasteiger partial charge in [0.05, 0.1) is 6.10 Å². The lowest BCUT2D eigenvalue weighted by Gasteiger charge is -2.30. The molecule has 0 amide bonds. The molecule has 0 aromatic heterocycles. The Labute approximate surface area is 94.6 Å². The van der Waals surface area contributed by atoms with Gasteiger partial charge >= 0.3 is 0 Å². The van der Waals surface area contributed by atoms with Crippen LogP contribution in [0.25, 0.3) is 0 Å². The van der Waals surface area contributed by atoms with Crippen LogP contribution in [0, 0.1) is 5.41 Å². The number of hydrogen-bond acceptors (Lipinski definition) is 2. The second-order valence-corrected chi connectivity index (χ2v) is 4.99. The van der Waals surface area contributed by atoms with Crippen molar-refractivity contribution in [3.05, 3.63) is 0 Å². The Hall–Kier alpha value is -0.0800. The van der Waals surface area contributed by atoms with Gasteiger partial charge in [-0.05, 0) is 19.8 Å². The van der Waals surface area contributed by atoms with Gasteiger partial charge in [-0.15, -0.1) is 0 Å². The molecule has 2 unspecified atom stereocenters. The zero-order chi connectivity index (χ0) is 11.1. The summed E-state index contributed by atoms with van der Waals surface area (Å²) in [6, 6.07) is 0. The second kappa shape index (κ2) is 6.49. The van der Waals surface area contributed by atoms with Crippen molar-refractivity contribution < 1.29 is 4.74 Å². The minimum Gasteiger partial charge on any atom is -0.378 e. The van der Waals surface area contributed by atoms with Gasteiger partial charge in [0.1, 0.15) is 0 Å². The van der Waals surface area contributed by atoms with Crippen molar-refractivity contribution >= 4 is 0 Å². The van der Waals surface area contributed by atoms with Crippen molar-refractivity contribution in [2.75, 3.05) is 13.2 Å². The second-order valence-electron chi connectivity index (χ2n) is 4.99. The molecule has 0 aromatic carbocycles. The van der Waals surface area contributed by atoms with Crippen molar-refractivity contribution in [2.45, 2.75) is 64.9 Å². The Kier molecular flexibility index (Phi) is 5.62. The van der Waals surface area contributed by atoms with Crippen LogP contribution in [0.5, 0.6) is 0 Å². The SMILES string of the molecule is CCCCCCCC1(CN)CCOC1C. The average Bonchev–Trinajstić information content (AvgIpc) is 2.61. The number of hydrogen-bond donors (Lipinski definition) is 1. The molecule has 1 heterocycles. The van der Waals surface area contributed by atoms with Crippen LogP contribution < -0.4 is 5.73 Å². The van der Waals surface area contributed by atoms with Crippen LogP contribution in [0.3, 0.4) is 0 Å². The van der Waals surface area contributed by atoms with Gasteiger partial charge in [0.25, 0.3) is 0 Å². The summed E-state index contributed by atoms with van der Waals surface area (Å²) in [5, 5.41) is 0. The maximum atomic E-state index is 5.92. The topological polar surface area (TPSA) is 35.2 Å². The Bertz CT molecular complexity index is 172. The molecular weight excluding hydrogens is 186 g/mol. The Morgan fingerprint density at radius 3 is 2.53 bits per heavy atom. The van der Waals surface area contributed by atoms with Gasteiger partial charge in [0, 0.05) is 18.6 Å².